The average molecular weight is 355 g/mol. The highest BCUT2D eigenvalue weighted by Crippen LogP contribution is 2.41. The van der Waals surface area contributed by atoms with E-state index in [9.17, 15) is 9.59 Å². The van der Waals surface area contributed by atoms with Crippen LogP contribution in [-0.4, -0.2) is 53.4 Å². The van der Waals surface area contributed by atoms with Crippen LogP contribution in [-0.2, 0) is 20.7 Å². The van der Waals surface area contributed by atoms with Crippen LogP contribution in [0.4, 0.5) is 0 Å². The number of hydrogen-bond donors (Lipinski definition) is 1. The number of carbonyl (C=O) groups excluding carboxylic acids is 1. The Balaban J connectivity index is 1.78. The smallest absolute Gasteiger partial charge is 0.305 e. The maximum absolute atomic E-state index is 13.1. The number of rotatable bonds is 5. The molecule has 3 heterocycles. The number of aliphatic carboxylic acids is 1. The Labute approximate surface area is 144 Å². The second-order valence-electron chi connectivity index (χ2n) is 5.82. The number of carboxylic acids is 1. The molecule has 0 spiro atoms. The van der Waals surface area contributed by atoms with Gasteiger partial charge in [-0.2, -0.15) is 0 Å². The molecular formula is C16H21NO4S2. The molecule has 0 radical (unpaired) electrons. The Morgan fingerprint density at radius 3 is 2.87 bits per heavy atom. The molecule has 23 heavy (non-hydrogen) atoms. The zero-order valence-electron chi connectivity index (χ0n) is 12.9. The van der Waals surface area contributed by atoms with Crippen molar-refractivity contribution in [3.63, 3.8) is 0 Å². The lowest BCUT2D eigenvalue weighted by atomic mass is 10.0. The van der Waals surface area contributed by atoms with Gasteiger partial charge in [0.2, 0.25) is 5.91 Å². The molecule has 1 atom stereocenters. The van der Waals surface area contributed by atoms with Crippen LogP contribution in [0.3, 0.4) is 0 Å². The minimum Gasteiger partial charge on any atom is -0.481 e. The Hall–Kier alpha value is -1.05. The molecule has 0 bridgehead atoms. The van der Waals surface area contributed by atoms with Gasteiger partial charge >= 0.3 is 5.97 Å². The third-order valence-corrected chi connectivity index (χ3v) is 6.61. The van der Waals surface area contributed by atoms with Gasteiger partial charge in [0.25, 0.3) is 0 Å². The van der Waals surface area contributed by atoms with E-state index in [1.807, 2.05) is 11.4 Å². The van der Waals surface area contributed by atoms with E-state index in [0.717, 1.165) is 30.6 Å². The van der Waals surface area contributed by atoms with Gasteiger partial charge in [-0.05, 0) is 42.0 Å². The molecule has 5 nitrogen and oxygen atoms in total. The highest BCUT2D eigenvalue weighted by Gasteiger charge is 2.35. The summed E-state index contributed by atoms with van der Waals surface area (Å²) in [4.78, 5) is 27.2. The number of aryl methyl sites for hydroxylation is 1. The van der Waals surface area contributed by atoms with Crippen molar-refractivity contribution >= 4 is 35.0 Å². The van der Waals surface area contributed by atoms with Crippen molar-refractivity contribution in [1.29, 1.82) is 0 Å². The van der Waals surface area contributed by atoms with Gasteiger partial charge in [-0.1, -0.05) is 0 Å². The van der Waals surface area contributed by atoms with E-state index >= 15 is 0 Å². The Morgan fingerprint density at radius 2 is 2.13 bits per heavy atom. The fourth-order valence-electron chi connectivity index (χ4n) is 3.19. The van der Waals surface area contributed by atoms with Crippen LogP contribution in [0.25, 0.3) is 0 Å². The molecule has 7 heteroatoms. The molecule has 1 saturated heterocycles. The molecule has 0 aromatic carbocycles. The predicted molar refractivity (Wildman–Crippen MR) is 91.0 cm³/mol. The van der Waals surface area contributed by atoms with E-state index in [2.05, 4.69) is 0 Å². The summed E-state index contributed by atoms with van der Waals surface area (Å²) in [6, 6.07) is 2.15. The quantitative estimate of drug-likeness (QED) is 0.879. The average Bonchev–Trinajstić information content (AvgIpc) is 3.04. The van der Waals surface area contributed by atoms with Gasteiger partial charge < -0.3 is 14.7 Å². The zero-order chi connectivity index (χ0) is 16.2. The predicted octanol–water partition coefficient (Wildman–Crippen LogP) is 2.56. The molecule has 1 amide bonds. The summed E-state index contributed by atoms with van der Waals surface area (Å²) >= 11 is 3.40. The molecule has 126 valence electrons. The number of amides is 1. The summed E-state index contributed by atoms with van der Waals surface area (Å²) < 4.78 is 5.39. The number of nitrogens with zero attached hydrogens (tertiary/aromatic N) is 1. The van der Waals surface area contributed by atoms with Gasteiger partial charge in [-0.25, -0.2) is 0 Å². The van der Waals surface area contributed by atoms with Crippen LogP contribution in [0.1, 0.15) is 35.0 Å². The molecule has 0 saturated carbocycles. The van der Waals surface area contributed by atoms with Crippen molar-refractivity contribution in [2.45, 2.75) is 37.0 Å². The molecule has 3 rings (SSSR count). The molecule has 1 fully saturated rings. The van der Waals surface area contributed by atoms with Gasteiger partial charge in [-0.3, -0.25) is 9.59 Å². The van der Waals surface area contributed by atoms with Crippen molar-refractivity contribution in [3.8, 4) is 0 Å². The van der Waals surface area contributed by atoms with Crippen molar-refractivity contribution < 1.29 is 19.4 Å². The summed E-state index contributed by atoms with van der Waals surface area (Å²) in [7, 11) is 0. The minimum absolute atomic E-state index is 0.00300. The molecule has 0 aliphatic carbocycles. The molecule has 1 aromatic heterocycles. The second kappa shape index (κ2) is 7.68. The van der Waals surface area contributed by atoms with Crippen molar-refractivity contribution in [2.75, 3.05) is 25.5 Å². The number of fused-ring (bicyclic) bond motifs is 1. The summed E-state index contributed by atoms with van der Waals surface area (Å²) in [6.45, 7) is 1.57. The molecular weight excluding hydrogens is 334 g/mol. The van der Waals surface area contributed by atoms with Gasteiger partial charge in [0.1, 0.15) is 5.25 Å². The molecule has 1 N–H and O–H groups in total. The first kappa shape index (κ1) is 16.8. The van der Waals surface area contributed by atoms with Gasteiger partial charge in [0.05, 0.1) is 6.42 Å². The molecule has 2 aliphatic heterocycles. The number of hydrogen-bond acceptors (Lipinski definition) is 5. The van der Waals surface area contributed by atoms with Gasteiger partial charge in [-0.15, -0.1) is 23.1 Å². The van der Waals surface area contributed by atoms with Crippen LogP contribution in [0, 0.1) is 0 Å². The molecule has 2 aliphatic rings. The number of carboxylic acid groups (broad SMARTS) is 1. The van der Waals surface area contributed by atoms with Crippen LogP contribution in [0.5, 0.6) is 0 Å². The van der Waals surface area contributed by atoms with Crippen LogP contribution in [0.15, 0.2) is 11.4 Å². The number of carbonyl (C=O) groups is 2. The fourth-order valence-corrected chi connectivity index (χ4v) is 5.55. The monoisotopic (exact) mass is 355 g/mol. The highest BCUT2D eigenvalue weighted by molar-refractivity contribution is 8.00. The minimum atomic E-state index is -0.859. The number of thioether (sulfide) groups is 1. The summed E-state index contributed by atoms with van der Waals surface area (Å²) in [5, 5.41) is 10.9. The van der Waals surface area contributed by atoms with E-state index in [0.29, 0.717) is 13.2 Å². The highest BCUT2D eigenvalue weighted by atomic mass is 32.2. The maximum atomic E-state index is 13.1. The van der Waals surface area contributed by atoms with E-state index in [-0.39, 0.29) is 30.2 Å². The Kier molecular flexibility index (Phi) is 5.61. The third-order valence-electron chi connectivity index (χ3n) is 4.38. The van der Waals surface area contributed by atoms with Crippen molar-refractivity contribution in [2.24, 2.45) is 0 Å². The van der Waals surface area contributed by atoms with E-state index < -0.39 is 5.97 Å². The maximum Gasteiger partial charge on any atom is 0.305 e. The van der Waals surface area contributed by atoms with Crippen LogP contribution < -0.4 is 0 Å². The Bertz CT molecular complexity index is 568. The molecule has 1 aromatic rings. The van der Waals surface area contributed by atoms with E-state index in [1.54, 1.807) is 28.0 Å². The zero-order valence-corrected chi connectivity index (χ0v) is 14.5. The third kappa shape index (κ3) is 3.89. The standard InChI is InChI=1S/C16H21NO4S2/c18-14(19)1-6-17(11-2-7-21-8-3-11)16(20)15-12-4-9-22-13(12)5-10-23-15/h4,9,11,15H,1-3,5-8,10H2,(H,18,19). The largest absolute Gasteiger partial charge is 0.481 e. The lowest BCUT2D eigenvalue weighted by Crippen LogP contribution is -2.46. The van der Waals surface area contributed by atoms with E-state index in [1.165, 1.54) is 4.88 Å². The van der Waals surface area contributed by atoms with E-state index in [4.69, 9.17) is 9.84 Å². The first-order chi connectivity index (χ1) is 11.2. The van der Waals surface area contributed by atoms with Gasteiger partial charge in [0, 0.05) is 30.7 Å². The number of ether oxygens (including phenoxy) is 1. The van der Waals surface area contributed by atoms with Crippen LogP contribution >= 0.6 is 23.1 Å². The topological polar surface area (TPSA) is 66.8 Å². The first-order valence-electron chi connectivity index (χ1n) is 7.94. The summed E-state index contributed by atoms with van der Waals surface area (Å²) in [5.74, 6) is 0.162. The van der Waals surface area contributed by atoms with Crippen LogP contribution in [0.2, 0.25) is 0 Å². The SMILES string of the molecule is O=C(O)CCN(C(=O)C1SCCc2sccc21)C1CCOCC1. The normalized spacial score (nSPS) is 21.7. The summed E-state index contributed by atoms with van der Waals surface area (Å²) in [5.41, 5.74) is 1.13. The Morgan fingerprint density at radius 1 is 1.35 bits per heavy atom. The summed E-state index contributed by atoms with van der Waals surface area (Å²) in [6.07, 6.45) is 2.60. The fraction of sp³-hybridized carbons (Fsp3) is 0.625. The second-order valence-corrected chi connectivity index (χ2v) is 8.03. The molecule has 1 unspecified atom stereocenters. The lowest BCUT2D eigenvalue weighted by Gasteiger charge is -2.37. The van der Waals surface area contributed by atoms with Crippen molar-refractivity contribution in [1.82, 2.24) is 4.90 Å². The lowest BCUT2D eigenvalue weighted by molar-refractivity contribution is -0.140. The first-order valence-corrected chi connectivity index (χ1v) is 9.87. The van der Waals surface area contributed by atoms with Crippen molar-refractivity contribution in [3.05, 3.63) is 21.9 Å². The van der Waals surface area contributed by atoms with Gasteiger partial charge in [0.15, 0.2) is 0 Å². The number of thiophene rings is 1.